The summed E-state index contributed by atoms with van der Waals surface area (Å²) in [7, 11) is -3.48. The highest BCUT2D eigenvalue weighted by Gasteiger charge is 2.24. The molecular weight excluding hydrogens is 350 g/mol. The fourth-order valence-electron chi connectivity index (χ4n) is 3.56. The van der Waals surface area contributed by atoms with Gasteiger partial charge in [0.2, 0.25) is 10.0 Å². The maximum absolute atomic E-state index is 12.8. The summed E-state index contributed by atoms with van der Waals surface area (Å²) in [6, 6.07) is 11.4. The second kappa shape index (κ2) is 7.63. The summed E-state index contributed by atoms with van der Waals surface area (Å²) in [6.45, 7) is 4.72. The molecule has 7 heteroatoms. The average molecular weight is 375 g/mol. The number of likely N-dealkylation sites (N-methyl/N-ethyl adjacent to an activating group) is 1. The Morgan fingerprint density at radius 3 is 2.58 bits per heavy atom. The number of hydrogen-bond donors (Lipinski definition) is 2. The van der Waals surface area contributed by atoms with Gasteiger partial charge >= 0.3 is 0 Å². The van der Waals surface area contributed by atoms with Crippen LogP contribution >= 0.6 is 0 Å². The minimum Gasteiger partial charge on any atom is -0.350 e. The van der Waals surface area contributed by atoms with Crippen LogP contribution in [0.25, 0.3) is 10.8 Å². The van der Waals surface area contributed by atoms with Crippen LogP contribution in [0.4, 0.5) is 5.69 Å². The first-order chi connectivity index (χ1) is 12.4. The van der Waals surface area contributed by atoms with Gasteiger partial charge in [-0.3, -0.25) is 14.4 Å². The number of sulfonamides is 1. The van der Waals surface area contributed by atoms with E-state index in [0.29, 0.717) is 23.8 Å². The molecule has 1 fully saturated rings. The van der Waals surface area contributed by atoms with Gasteiger partial charge in [0.15, 0.2) is 0 Å². The predicted molar refractivity (Wildman–Crippen MR) is 105 cm³/mol. The van der Waals surface area contributed by atoms with Crippen molar-refractivity contribution in [1.29, 1.82) is 0 Å². The number of likely N-dealkylation sites (tertiary alicyclic amines) is 1. The van der Waals surface area contributed by atoms with Crippen molar-refractivity contribution in [3.8, 4) is 0 Å². The highest BCUT2D eigenvalue weighted by molar-refractivity contribution is 7.92. The normalized spacial score (nSPS) is 18.2. The van der Waals surface area contributed by atoms with Gasteiger partial charge in [-0.25, -0.2) is 8.42 Å². The molecule has 0 bridgehead atoms. The van der Waals surface area contributed by atoms with Crippen LogP contribution in [0, 0.1) is 0 Å². The number of benzene rings is 2. The Morgan fingerprint density at radius 1 is 1.23 bits per heavy atom. The molecule has 2 aromatic rings. The van der Waals surface area contributed by atoms with Gasteiger partial charge in [-0.2, -0.15) is 0 Å². The Bertz CT molecular complexity index is 911. The topological polar surface area (TPSA) is 78.5 Å². The summed E-state index contributed by atoms with van der Waals surface area (Å²) in [6.07, 6.45) is 3.30. The monoisotopic (exact) mass is 375 g/mol. The molecule has 0 radical (unpaired) electrons. The lowest BCUT2D eigenvalue weighted by Crippen LogP contribution is -2.40. The molecule has 1 aliphatic rings. The Hall–Kier alpha value is -2.12. The zero-order valence-electron chi connectivity index (χ0n) is 15.2. The molecular formula is C19H25N3O3S. The zero-order chi connectivity index (χ0) is 18.7. The van der Waals surface area contributed by atoms with Crippen molar-refractivity contribution >= 4 is 32.4 Å². The molecule has 140 valence electrons. The molecule has 1 saturated heterocycles. The highest BCUT2D eigenvalue weighted by Crippen LogP contribution is 2.25. The number of anilines is 1. The van der Waals surface area contributed by atoms with Crippen molar-refractivity contribution < 1.29 is 13.2 Å². The number of carbonyl (C=O) groups is 1. The Kier molecular flexibility index (Phi) is 5.48. The lowest BCUT2D eigenvalue weighted by molar-refractivity contribution is 0.0942. The van der Waals surface area contributed by atoms with E-state index in [1.807, 2.05) is 24.3 Å². The third-order valence-corrected chi connectivity index (χ3v) is 5.42. The van der Waals surface area contributed by atoms with Gasteiger partial charge in [0.1, 0.15) is 0 Å². The lowest BCUT2D eigenvalue weighted by atomic mass is 10.0. The fraction of sp³-hybridized carbons (Fsp3) is 0.421. The van der Waals surface area contributed by atoms with Crippen molar-refractivity contribution in [1.82, 2.24) is 10.2 Å². The molecule has 0 unspecified atom stereocenters. The van der Waals surface area contributed by atoms with E-state index in [0.717, 1.165) is 43.0 Å². The van der Waals surface area contributed by atoms with Crippen LogP contribution in [0.5, 0.6) is 0 Å². The number of fused-ring (bicyclic) bond motifs is 1. The second-order valence-electron chi connectivity index (χ2n) is 6.75. The molecule has 0 spiro atoms. The van der Waals surface area contributed by atoms with Crippen LogP contribution in [0.1, 0.15) is 30.1 Å². The Balaban J connectivity index is 1.86. The summed E-state index contributed by atoms with van der Waals surface area (Å²) in [5, 5.41) is 4.75. The van der Waals surface area contributed by atoms with Crippen LogP contribution in [0.15, 0.2) is 36.4 Å². The molecule has 0 aromatic heterocycles. The van der Waals surface area contributed by atoms with Gasteiger partial charge in [0.05, 0.1) is 17.5 Å². The summed E-state index contributed by atoms with van der Waals surface area (Å²) >= 11 is 0. The largest absolute Gasteiger partial charge is 0.350 e. The first-order valence-electron chi connectivity index (χ1n) is 8.90. The van der Waals surface area contributed by atoms with Crippen LogP contribution < -0.4 is 10.0 Å². The standard InChI is InChI=1S/C19H25N3O3S/c1-3-22-10-6-9-16(22)13-20-19(23)17-11-14-7-4-5-8-15(14)12-18(17)21-26(2,24)25/h4-5,7-8,11-12,16,21H,3,6,9-10,13H2,1-2H3,(H,20,23)/t16-/m1/s1. The Labute approximate surface area is 154 Å². The smallest absolute Gasteiger partial charge is 0.253 e. The van der Waals surface area contributed by atoms with Crippen molar-refractivity contribution in [3.63, 3.8) is 0 Å². The van der Waals surface area contributed by atoms with Gasteiger partial charge < -0.3 is 5.32 Å². The molecule has 1 atom stereocenters. The molecule has 1 heterocycles. The van der Waals surface area contributed by atoms with E-state index >= 15 is 0 Å². The molecule has 6 nitrogen and oxygen atoms in total. The summed E-state index contributed by atoms with van der Waals surface area (Å²) in [4.78, 5) is 15.1. The third kappa shape index (κ3) is 4.34. The van der Waals surface area contributed by atoms with E-state index in [1.165, 1.54) is 0 Å². The summed E-state index contributed by atoms with van der Waals surface area (Å²) in [5.41, 5.74) is 0.651. The van der Waals surface area contributed by atoms with Crippen molar-refractivity contribution in [3.05, 3.63) is 42.0 Å². The SMILES string of the molecule is CCN1CCC[C@@H]1CNC(=O)c1cc2ccccc2cc1NS(C)(=O)=O. The number of hydrogen-bond acceptors (Lipinski definition) is 4. The van der Waals surface area contributed by atoms with Crippen LogP contribution in [-0.2, 0) is 10.0 Å². The van der Waals surface area contributed by atoms with Crippen molar-refractivity contribution in [2.75, 3.05) is 30.6 Å². The van der Waals surface area contributed by atoms with Gasteiger partial charge in [-0.15, -0.1) is 0 Å². The molecule has 1 aliphatic heterocycles. The Morgan fingerprint density at radius 2 is 1.92 bits per heavy atom. The molecule has 26 heavy (non-hydrogen) atoms. The first-order valence-corrected chi connectivity index (χ1v) is 10.8. The minimum atomic E-state index is -3.48. The van der Waals surface area contributed by atoms with E-state index < -0.39 is 10.0 Å². The third-order valence-electron chi connectivity index (χ3n) is 4.83. The maximum Gasteiger partial charge on any atom is 0.253 e. The maximum atomic E-state index is 12.8. The number of carbonyl (C=O) groups excluding carboxylic acids is 1. The van der Waals surface area contributed by atoms with E-state index in [4.69, 9.17) is 0 Å². The second-order valence-corrected chi connectivity index (χ2v) is 8.50. The number of rotatable bonds is 6. The van der Waals surface area contributed by atoms with Crippen molar-refractivity contribution in [2.24, 2.45) is 0 Å². The van der Waals surface area contributed by atoms with Gasteiger partial charge in [-0.1, -0.05) is 31.2 Å². The van der Waals surface area contributed by atoms with Gasteiger partial charge in [0.25, 0.3) is 5.91 Å². The summed E-state index contributed by atoms with van der Waals surface area (Å²) in [5.74, 6) is -0.259. The van der Waals surface area contributed by atoms with E-state index in [2.05, 4.69) is 21.9 Å². The lowest BCUT2D eigenvalue weighted by Gasteiger charge is -2.23. The fourth-order valence-corrected chi connectivity index (χ4v) is 4.13. The molecule has 1 amide bonds. The van der Waals surface area contributed by atoms with Crippen LogP contribution in [0.3, 0.4) is 0 Å². The molecule has 0 aliphatic carbocycles. The van der Waals surface area contributed by atoms with Gasteiger partial charge in [0, 0.05) is 12.6 Å². The minimum absolute atomic E-state index is 0.259. The van der Waals surface area contributed by atoms with Crippen LogP contribution in [-0.4, -0.2) is 51.2 Å². The van der Waals surface area contributed by atoms with E-state index in [-0.39, 0.29) is 5.91 Å². The van der Waals surface area contributed by atoms with Gasteiger partial charge in [-0.05, 0) is 48.8 Å². The predicted octanol–water partition coefficient (Wildman–Crippen LogP) is 2.43. The summed E-state index contributed by atoms with van der Waals surface area (Å²) < 4.78 is 25.9. The number of nitrogens with one attached hydrogen (secondary N) is 2. The number of amides is 1. The molecule has 2 N–H and O–H groups in total. The van der Waals surface area contributed by atoms with E-state index in [9.17, 15) is 13.2 Å². The van der Waals surface area contributed by atoms with Crippen LogP contribution in [0.2, 0.25) is 0 Å². The quantitative estimate of drug-likeness (QED) is 0.813. The molecule has 0 saturated carbocycles. The number of nitrogens with zero attached hydrogens (tertiary/aromatic N) is 1. The van der Waals surface area contributed by atoms with Crippen molar-refractivity contribution in [2.45, 2.75) is 25.8 Å². The highest BCUT2D eigenvalue weighted by atomic mass is 32.2. The molecule has 2 aromatic carbocycles. The first kappa shape index (κ1) is 18.7. The molecule has 3 rings (SSSR count). The average Bonchev–Trinajstić information content (AvgIpc) is 3.05. The van der Waals surface area contributed by atoms with E-state index in [1.54, 1.807) is 12.1 Å². The zero-order valence-corrected chi connectivity index (χ0v) is 16.0.